The fourth-order valence-corrected chi connectivity index (χ4v) is 4.55. The van der Waals surface area contributed by atoms with Gasteiger partial charge < -0.3 is 64.7 Å². The average Bonchev–Trinajstić information content (AvgIpc) is 2.93. The molecule has 2 aliphatic heterocycles. The lowest BCUT2D eigenvalue weighted by Gasteiger charge is -2.44. The Morgan fingerprint density at radius 2 is 1.54 bits per heavy atom. The Labute approximate surface area is 236 Å². The minimum Gasteiger partial charge on any atom is -0.479 e. The van der Waals surface area contributed by atoms with E-state index in [4.69, 9.17) is 23.7 Å². The predicted octanol–water partition coefficient (Wildman–Crippen LogP) is -2.78. The second kappa shape index (κ2) is 14.8. The summed E-state index contributed by atoms with van der Waals surface area (Å²) in [5.41, 5.74) is 0.623. The zero-order chi connectivity index (χ0) is 30.4. The highest BCUT2D eigenvalue weighted by atomic mass is 16.7. The van der Waals surface area contributed by atoms with Gasteiger partial charge in [0.2, 0.25) is 5.91 Å². The highest BCUT2D eigenvalue weighted by Gasteiger charge is 2.49. The molecule has 0 bridgehead atoms. The number of nitrogens with one attached hydrogen (secondary N) is 1. The van der Waals surface area contributed by atoms with Crippen molar-refractivity contribution in [2.45, 2.75) is 107 Å². The van der Waals surface area contributed by atoms with Gasteiger partial charge in [0.25, 0.3) is 0 Å². The number of carboxylic acid groups (broad SMARTS) is 1. The Bertz CT molecular complexity index is 984. The van der Waals surface area contributed by atoms with E-state index in [-0.39, 0.29) is 6.42 Å². The van der Waals surface area contributed by atoms with Crippen LogP contribution in [-0.2, 0) is 39.7 Å². The topological polar surface area (TPSA) is 234 Å². The van der Waals surface area contributed by atoms with Crippen LogP contribution in [0.25, 0.3) is 0 Å². The van der Waals surface area contributed by atoms with Gasteiger partial charge >= 0.3 is 5.97 Å². The normalized spacial score (nSPS) is 36.2. The van der Waals surface area contributed by atoms with Gasteiger partial charge in [-0.3, -0.25) is 4.79 Å². The molecule has 1 aromatic rings. The smallest absolute Gasteiger partial charge is 0.333 e. The van der Waals surface area contributed by atoms with Crippen LogP contribution in [0.2, 0.25) is 0 Å². The Hall–Kier alpha value is -2.28. The van der Waals surface area contributed by atoms with Gasteiger partial charge in [-0.15, -0.1) is 0 Å². The molecule has 2 heterocycles. The summed E-state index contributed by atoms with van der Waals surface area (Å²) in [4.78, 5) is 23.9. The Morgan fingerprint density at radius 3 is 2.12 bits per heavy atom. The van der Waals surface area contributed by atoms with Gasteiger partial charge in [-0.25, -0.2) is 4.79 Å². The van der Waals surface area contributed by atoms with Crippen LogP contribution in [0.5, 0.6) is 0 Å². The third kappa shape index (κ3) is 8.39. The molecule has 2 fully saturated rings. The van der Waals surface area contributed by atoms with Gasteiger partial charge in [0.1, 0.15) is 48.8 Å². The first-order chi connectivity index (χ1) is 19.3. The van der Waals surface area contributed by atoms with Crippen LogP contribution >= 0.6 is 0 Å². The molecule has 0 saturated carbocycles. The van der Waals surface area contributed by atoms with E-state index >= 15 is 0 Å². The summed E-state index contributed by atoms with van der Waals surface area (Å²) in [7, 11) is 0. The number of carboxylic acids is 1. The summed E-state index contributed by atoms with van der Waals surface area (Å²) in [6.45, 7) is 3.29. The number of aliphatic hydroxyl groups excluding tert-OH is 6. The first-order valence-electron chi connectivity index (χ1n) is 13.2. The zero-order valence-corrected chi connectivity index (χ0v) is 22.8. The highest BCUT2D eigenvalue weighted by Crippen LogP contribution is 2.28. The third-order valence-electron chi connectivity index (χ3n) is 6.89. The lowest BCUT2D eigenvalue weighted by Crippen LogP contribution is -2.63. The van der Waals surface area contributed by atoms with Gasteiger partial charge in [-0.1, -0.05) is 30.3 Å². The number of hydrogen-bond donors (Lipinski definition) is 8. The van der Waals surface area contributed by atoms with Crippen molar-refractivity contribution >= 4 is 11.9 Å². The van der Waals surface area contributed by atoms with Crippen LogP contribution < -0.4 is 5.32 Å². The van der Waals surface area contributed by atoms with Crippen molar-refractivity contribution in [1.82, 2.24) is 5.32 Å². The largest absolute Gasteiger partial charge is 0.479 e. The van der Waals surface area contributed by atoms with Crippen LogP contribution in [0.15, 0.2) is 30.3 Å². The van der Waals surface area contributed by atoms with Crippen molar-refractivity contribution < 1.29 is 69.0 Å². The predicted molar refractivity (Wildman–Crippen MR) is 136 cm³/mol. The van der Waals surface area contributed by atoms with Gasteiger partial charge in [0.05, 0.1) is 12.7 Å². The zero-order valence-electron chi connectivity index (χ0n) is 22.8. The molecule has 8 N–H and O–H groups in total. The lowest BCUT2D eigenvalue weighted by atomic mass is 9.98. The van der Waals surface area contributed by atoms with Crippen LogP contribution in [0, 0.1) is 0 Å². The molecular weight excluding hydrogens is 550 g/mol. The molecule has 0 aromatic heterocycles. The number of aliphatic hydroxyl groups is 6. The maximum absolute atomic E-state index is 12.0. The van der Waals surface area contributed by atoms with E-state index in [1.165, 1.54) is 20.8 Å². The number of amides is 1. The molecule has 41 heavy (non-hydrogen) atoms. The van der Waals surface area contributed by atoms with Crippen molar-refractivity contribution in [3.8, 4) is 0 Å². The van der Waals surface area contributed by atoms with Crippen LogP contribution in [0.3, 0.4) is 0 Å². The maximum atomic E-state index is 12.0. The number of benzene rings is 1. The molecule has 232 valence electrons. The van der Waals surface area contributed by atoms with Crippen LogP contribution in [0.1, 0.15) is 26.3 Å². The molecule has 0 aliphatic carbocycles. The Kier molecular flexibility index (Phi) is 12.0. The van der Waals surface area contributed by atoms with Crippen molar-refractivity contribution in [3.05, 3.63) is 35.9 Å². The van der Waals surface area contributed by atoms with Gasteiger partial charge in [-0.05, 0) is 19.4 Å². The summed E-state index contributed by atoms with van der Waals surface area (Å²) in [5, 5.41) is 74.0. The molecular formula is C26H39NO14. The number of rotatable bonds is 12. The summed E-state index contributed by atoms with van der Waals surface area (Å²) in [6, 6.07) is 8.55. The average molecular weight is 590 g/mol. The van der Waals surface area contributed by atoms with E-state index in [0.717, 1.165) is 0 Å². The quantitative estimate of drug-likeness (QED) is 0.115. The van der Waals surface area contributed by atoms with E-state index in [0.29, 0.717) is 5.56 Å². The van der Waals surface area contributed by atoms with Gasteiger partial charge in [0.15, 0.2) is 24.9 Å². The van der Waals surface area contributed by atoms with E-state index < -0.39 is 98.3 Å². The molecule has 0 radical (unpaired) electrons. The van der Waals surface area contributed by atoms with Crippen LogP contribution in [0.4, 0.5) is 0 Å². The van der Waals surface area contributed by atoms with E-state index in [2.05, 4.69) is 5.32 Å². The molecule has 1 aromatic carbocycles. The number of carbonyl (C=O) groups is 2. The molecule has 2 saturated heterocycles. The molecule has 13 atom stereocenters. The first kappa shape index (κ1) is 33.2. The van der Waals surface area contributed by atoms with Gasteiger partial charge in [-0.2, -0.15) is 0 Å². The lowest BCUT2D eigenvalue weighted by molar-refractivity contribution is -0.342. The fraction of sp³-hybridized carbons (Fsp3) is 0.692. The minimum absolute atomic E-state index is 0.0929. The molecule has 1 amide bonds. The Balaban J connectivity index is 1.77. The standard InChI is InChI=1S/C26H39NO14/c1-11-17(30)19(32)20(33)25(37-11)38-12(2)23(27-13(3)29)41-26-21(34)22(18(31)16(10-28)40-26)39-15(24(35)36)9-14-7-5-4-6-8-14/h4-8,11-12,15-23,25-26,28,30-34H,9-10H2,1-3H3,(H,27,29)(H,35,36)/t11-,12+,15-,16+,17+,18-,19+,20-,21+,22-,23-,25-,26-/m0/s1. The van der Waals surface area contributed by atoms with Crippen LogP contribution in [-0.4, -0.2) is 134 Å². The number of hydrogen-bond acceptors (Lipinski definition) is 13. The molecule has 0 unspecified atom stereocenters. The third-order valence-corrected chi connectivity index (χ3v) is 6.89. The van der Waals surface area contributed by atoms with Crippen molar-refractivity contribution in [2.75, 3.05) is 6.61 Å². The van der Waals surface area contributed by atoms with E-state index in [1.54, 1.807) is 30.3 Å². The second-order valence-electron chi connectivity index (χ2n) is 10.1. The monoisotopic (exact) mass is 589 g/mol. The molecule has 2 aliphatic rings. The van der Waals surface area contributed by atoms with Gasteiger partial charge in [0, 0.05) is 13.3 Å². The van der Waals surface area contributed by atoms with Crippen molar-refractivity contribution in [3.63, 3.8) is 0 Å². The summed E-state index contributed by atoms with van der Waals surface area (Å²) < 4.78 is 28.0. The SMILES string of the molecule is CC(=O)N[C@@H](O[C@@H]1O[C@H](CO)[C@H](O)[C@H](O[C@@H](Cc2ccccc2)C(=O)O)[C@H]1O)[C@@H](C)O[C@@H]1O[C@@H](C)[C@@H](O)[C@@H](O)[C@@H]1O. The molecule has 0 spiro atoms. The van der Waals surface area contributed by atoms with Crippen molar-refractivity contribution in [2.24, 2.45) is 0 Å². The summed E-state index contributed by atoms with van der Waals surface area (Å²) in [5.74, 6) is -1.95. The Morgan fingerprint density at radius 1 is 0.902 bits per heavy atom. The molecule has 15 heteroatoms. The van der Waals surface area contributed by atoms with Crippen molar-refractivity contribution in [1.29, 1.82) is 0 Å². The highest BCUT2D eigenvalue weighted by molar-refractivity contribution is 5.73. The summed E-state index contributed by atoms with van der Waals surface area (Å²) >= 11 is 0. The molecule has 3 rings (SSSR count). The second-order valence-corrected chi connectivity index (χ2v) is 10.1. The number of aliphatic carboxylic acids is 1. The fourth-order valence-electron chi connectivity index (χ4n) is 4.55. The first-order valence-corrected chi connectivity index (χ1v) is 13.2. The summed E-state index contributed by atoms with van der Waals surface area (Å²) in [6.07, 6.45) is -19.1. The number of carbonyl (C=O) groups excluding carboxylic acids is 1. The minimum atomic E-state index is -1.80. The molecule has 15 nitrogen and oxygen atoms in total. The number of ether oxygens (including phenoxy) is 5. The van der Waals surface area contributed by atoms with E-state index in [9.17, 15) is 45.3 Å². The van der Waals surface area contributed by atoms with E-state index in [1.807, 2.05) is 0 Å². The maximum Gasteiger partial charge on any atom is 0.333 e.